The molecule has 0 atom stereocenters. The van der Waals surface area contributed by atoms with E-state index in [0.717, 1.165) is 64.2 Å². The largest absolute Gasteiger partial charge is 0.364 e. The number of halogens is 2. The first-order chi connectivity index (χ1) is 17.2. The molecule has 1 fully saturated rings. The lowest BCUT2D eigenvalue weighted by Gasteiger charge is -2.11. The normalized spacial score (nSPS) is 13.4. The maximum absolute atomic E-state index is 14.5. The first-order valence-electron chi connectivity index (χ1n) is 11.6. The van der Waals surface area contributed by atoms with Crippen LogP contribution in [0.3, 0.4) is 0 Å². The predicted molar refractivity (Wildman–Crippen MR) is 138 cm³/mol. The van der Waals surface area contributed by atoms with Crippen molar-refractivity contribution < 1.29 is 17.2 Å². The topological polar surface area (TPSA) is 76.0 Å². The van der Waals surface area contributed by atoms with E-state index in [1.807, 2.05) is 49.5 Å². The molecule has 0 unspecified atom stereocenters. The Hall–Kier alpha value is -3.25. The Kier molecular flexibility index (Phi) is 6.56. The van der Waals surface area contributed by atoms with E-state index in [9.17, 15) is 17.2 Å². The van der Waals surface area contributed by atoms with Crippen molar-refractivity contribution in [2.24, 2.45) is 11.1 Å². The van der Waals surface area contributed by atoms with E-state index >= 15 is 0 Å². The summed E-state index contributed by atoms with van der Waals surface area (Å²) in [6.45, 7) is 2.04. The minimum atomic E-state index is -4.51. The van der Waals surface area contributed by atoms with Crippen LogP contribution in [0.15, 0.2) is 59.6 Å². The van der Waals surface area contributed by atoms with Crippen LogP contribution in [-0.4, -0.2) is 13.4 Å². The predicted octanol–water partition coefficient (Wildman–Crippen LogP) is 5.92. The molecule has 2 heterocycles. The van der Waals surface area contributed by atoms with Gasteiger partial charge in [-0.1, -0.05) is 24.0 Å². The Morgan fingerprint density at radius 2 is 1.83 bits per heavy atom. The summed E-state index contributed by atoms with van der Waals surface area (Å²) in [5.41, 5.74) is 5.03. The summed E-state index contributed by atoms with van der Waals surface area (Å²) >= 11 is 1.65. The van der Waals surface area contributed by atoms with Crippen molar-refractivity contribution >= 4 is 21.4 Å². The zero-order chi connectivity index (χ0) is 25.4. The number of aryl methyl sites for hydroxylation is 1. The van der Waals surface area contributed by atoms with Gasteiger partial charge >= 0.3 is 0 Å². The van der Waals surface area contributed by atoms with E-state index in [1.54, 1.807) is 11.3 Å². The van der Waals surface area contributed by atoms with Crippen LogP contribution in [0.4, 0.5) is 8.78 Å². The molecule has 5 rings (SSSR count). The molecule has 36 heavy (non-hydrogen) atoms. The van der Waals surface area contributed by atoms with Crippen LogP contribution in [0.1, 0.15) is 45.0 Å². The highest BCUT2D eigenvalue weighted by Gasteiger charge is 2.26. The van der Waals surface area contributed by atoms with Gasteiger partial charge in [0.05, 0.1) is 4.88 Å². The maximum Gasteiger partial charge on any atom is 0.243 e. The fourth-order valence-corrected chi connectivity index (χ4v) is 5.72. The van der Waals surface area contributed by atoms with E-state index < -0.39 is 26.6 Å². The van der Waals surface area contributed by atoms with Gasteiger partial charge in [-0.15, -0.1) is 11.3 Å². The number of hydrogen-bond acceptors (Lipinski definition) is 3. The number of rotatable bonds is 6. The van der Waals surface area contributed by atoms with Crippen LogP contribution >= 0.6 is 11.3 Å². The van der Waals surface area contributed by atoms with E-state index in [4.69, 9.17) is 5.14 Å². The van der Waals surface area contributed by atoms with Gasteiger partial charge in [0.1, 0.15) is 11.6 Å². The highest BCUT2D eigenvalue weighted by atomic mass is 32.2. The molecule has 2 aromatic heterocycles. The van der Waals surface area contributed by atoms with Crippen LogP contribution in [0.2, 0.25) is 0 Å². The number of nitrogens with two attached hydrogens (primary N) is 1. The third-order valence-corrected chi connectivity index (χ3v) is 8.11. The molecule has 1 aliphatic rings. The van der Waals surface area contributed by atoms with Crippen LogP contribution in [-0.2, 0) is 22.9 Å². The molecule has 2 aromatic carbocycles. The van der Waals surface area contributed by atoms with Crippen molar-refractivity contribution in [1.29, 1.82) is 0 Å². The van der Waals surface area contributed by atoms with Crippen molar-refractivity contribution in [1.82, 2.24) is 4.98 Å². The van der Waals surface area contributed by atoms with Gasteiger partial charge in [0, 0.05) is 34.3 Å². The Labute approximate surface area is 213 Å². The summed E-state index contributed by atoms with van der Waals surface area (Å²) in [5.74, 6) is 4.65. The summed E-state index contributed by atoms with van der Waals surface area (Å²) in [6, 6.07) is 14.0. The molecule has 4 aromatic rings. The number of aromatic nitrogens is 1. The molecule has 0 amide bonds. The highest BCUT2D eigenvalue weighted by molar-refractivity contribution is 7.89. The minimum Gasteiger partial charge on any atom is -0.364 e. The van der Waals surface area contributed by atoms with Gasteiger partial charge in [0.15, 0.2) is 4.90 Å². The second-order valence-corrected chi connectivity index (χ2v) is 11.9. The van der Waals surface area contributed by atoms with Crippen LogP contribution in [0.5, 0.6) is 0 Å². The van der Waals surface area contributed by atoms with Crippen molar-refractivity contribution in [3.05, 3.63) is 98.5 Å². The SMILES string of the molecule is Cc1ccc(C#Cc2cccc(-c3c[nH]c(CC4CC4)c3Cc3cc(F)c(S(N)(=O)=O)c(F)c3)c2)s1. The second-order valence-electron chi connectivity index (χ2n) is 9.16. The Morgan fingerprint density at radius 1 is 1.08 bits per heavy atom. The molecule has 1 aliphatic carbocycles. The molecule has 0 bridgehead atoms. The molecule has 0 radical (unpaired) electrons. The molecule has 4 nitrogen and oxygen atoms in total. The maximum atomic E-state index is 14.5. The van der Waals surface area contributed by atoms with Crippen LogP contribution < -0.4 is 5.14 Å². The van der Waals surface area contributed by atoms with Crippen molar-refractivity contribution in [2.75, 3.05) is 0 Å². The number of benzene rings is 2. The molecule has 0 spiro atoms. The zero-order valence-corrected chi connectivity index (χ0v) is 21.2. The average Bonchev–Trinajstić information content (AvgIpc) is 3.39. The van der Waals surface area contributed by atoms with Crippen molar-refractivity contribution in [3.8, 4) is 23.0 Å². The average molecular weight is 523 g/mol. The monoisotopic (exact) mass is 522 g/mol. The smallest absolute Gasteiger partial charge is 0.243 e. The summed E-state index contributed by atoms with van der Waals surface area (Å²) < 4.78 is 52.2. The molecule has 8 heteroatoms. The zero-order valence-electron chi connectivity index (χ0n) is 19.6. The van der Waals surface area contributed by atoms with E-state index in [0.29, 0.717) is 11.5 Å². The first-order valence-corrected chi connectivity index (χ1v) is 13.9. The second kappa shape index (κ2) is 9.66. The highest BCUT2D eigenvalue weighted by Crippen LogP contribution is 2.37. The molecule has 0 aliphatic heterocycles. The Morgan fingerprint density at radius 3 is 2.47 bits per heavy atom. The number of thiophene rings is 1. The number of primary sulfonamides is 1. The molecular weight excluding hydrogens is 498 g/mol. The fourth-order valence-electron chi connectivity index (χ4n) is 4.34. The summed E-state index contributed by atoms with van der Waals surface area (Å²) in [6.07, 6.45) is 5.34. The third-order valence-electron chi connectivity index (χ3n) is 6.24. The standard InChI is InChI=1S/C28H24F2N2O2S2/c1-17-5-9-22(35-17)10-8-18-3-2-4-21(11-18)24-16-32-27(15-19-6-7-19)23(24)12-20-13-25(29)28(26(30)14-20)36(31,33)34/h2-5,9,11,13-14,16,19,32H,6-7,12,15H2,1H3,(H2,31,33,34). The van der Waals surface area contributed by atoms with Crippen LogP contribution in [0, 0.1) is 36.3 Å². The number of H-pyrrole nitrogens is 1. The number of nitrogens with one attached hydrogen (secondary N) is 1. The van der Waals surface area contributed by atoms with Gasteiger partial charge in [0.2, 0.25) is 10.0 Å². The lowest BCUT2D eigenvalue weighted by Crippen LogP contribution is -2.16. The minimum absolute atomic E-state index is 0.240. The molecular formula is C28H24F2N2O2S2. The van der Waals surface area contributed by atoms with Gasteiger partial charge in [-0.05, 0) is 85.2 Å². The van der Waals surface area contributed by atoms with Crippen molar-refractivity contribution in [2.45, 2.75) is 37.5 Å². The van der Waals surface area contributed by atoms with Crippen molar-refractivity contribution in [3.63, 3.8) is 0 Å². The fraction of sp³-hybridized carbons (Fsp3) is 0.214. The molecule has 184 valence electrons. The van der Waals surface area contributed by atoms with Gasteiger partial charge in [-0.2, -0.15) is 0 Å². The number of hydrogen-bond donors (Lipinski definition) is 2. The summed E-state index contributed by atoms with van der Waals surface area (Å²) in [7, 11) is -4.51. The van der Waals surface area contributed by atoms with E-state index in [-0.39, 0.29) is 6.42 Å². The first kappa shape index (κ1) is 24.4. The summed E-state index contributed by atoms with van der Waals surface area (Å²) in [5, 5.41) is 4.98. The third kappa shape index (κ3) is 5.44. The summed E-state index contributed by atoms with van der Waals surface area (Å²) in [4.78, 5) is 4.47. The van der Waals surface area contributed by atoms with E-state index in [1.165, 1.54) is 4.88 Å². The number of aromatic amines is 1. The van der Waals surface area contributed by atoms with E-state index in [2.05, 4.69) is 16.8 Å². The lowest BCUT2D eigenvalue weighted by molar-refractivity contribution is 0.517. The lowest BCUT2D eigenvalue weighted by atomic mass is 9.94. The quantitative estimate of drug-likeness (QED) is 0.309. The number of sulfonamides is 1. The Balaban J connectivity index is 1.52. The molecule has 3 N–H and O–H groups in total. The van der Waals surface area contributed by atoms with Gasteiger partial charge in [-0.25, -0.2) is 22.3 Å². The van der Waals surface area contributed by atoms with Crippen LogP contribution in [0.25, 0.3) is 11.1 Å². The molecule has 1 saturated carbocycles. The van der Waals surface area contributed by atoms with Gasteiger partial charge in [-0.3, -0.25) is 0 Å². The Bertz CT molecular complexity index is 1600. The molecule has 0 saturated heterocycles. The van der Waals surface area contributed by atoms with Gasteiger partial charge < -0.3 is 4.98 Å². The van der Waals surface area contributed by atoms with Gasteiger partial charge in [0.25, 0.3) is 0 Å².